The second-order valence-corrected chi connectivity index (χ2v) is 5.71. The van der Waals surface area contributed by atoms with Crippen LogP contribution >= 0.6 is 11.3 Å². The van der Waals surface area contributed by atoms with Crippen LogP contribution in [0.4, 0.5) is 0 Å². The van der Waals surface area contributed by atoms with E-state index in [1.54, 1.807) is 11.3 Å². The fraction of sp³-hybridized carbons (Fsp3) is 0.235. The molecule has 0 atom stereocenters. The van der Waals surface area contributed by atoms with Gasteiger partial charge in [0.25, 0.3) is 5.91 Å². The monoisotopic (exact) mass is 299 g/mol. The van der Waals surface area contributed by atoms with Crippen molar-refractivity contribution in [3.05, 3.63) is 56.8 Å². The van der Waals surface area contributed by atoms with Crippen LogP contribution in [0.2, 0.25) is 0 Å². The summed E-state index contributed by atoms with van der Waals surface area (Å²) in [5, 5.41) is 13.5. The number of carbonyl (C=O) groups is 1. The Bertz CT molecular complexity index is 687. The first-order valence-corrected chi connectivity index (χ1v) is 7.51. The Hall–Kier alpha value is -2.09. The maximum atomic E-state index is 12.3. The average molecular weight is 299 g/mol. The molecule has 0 aliphatic rings. The van der Waals surface area contributed by atoms with E-state index in [2.05, 4.69) is 17.2 Å². The highest BCUT2D eigenvalue weighted by molar-refractivity contribution is 7.10. The molecule has 0 fully saturated rings. The van der Waals surface area contributed by atoms with Crippen molar-refractivity contribution in [3.63, 3.8) is 0 Å². The second-order valence-electron chi connectivity index (χ2n) is 4.71. The summed E-state index contributed by atoms with van der Waals surface area (Å²) in [4.78, 5) is 13.3. The van der Waals surface area contributed by atoms with Gasteiger partial charge in [-0.05, 0) is 31.0 Å². The molecular formula is C17H17NO2S. The summed E-state index contributed by atoms with van der Waals surface area (Å²) in [6.45, 7) is 4.22. The number of benzene rings is 1. The highest BCUT2D eigenvalue weighted by Crippen LogP contribution is 2.16. The van der Waals surface area contributed by atoms with E-state index in [1.165, 1.54) is 0 Å². The van der Waals surface area contributed by atoms with Crippen LogP contribution in [0.25, 0.3) is 0 Å². The van der Waals surface area contributed by atoms with Gasteiger partial charge in [0.15, 0.2) is 0 Å². The molecule has 2 rings (SSSR count). The van der Waals surface area contributed by atoms with E-state index in [0.717, 1.165) is 27.1 Å². The molecule has 0 spiro atoms. The van der Waals surface area contributed by atoms with Crippen LogP contribution in [0.5, 0.6) is 0 Å². The lowest BCUT2D eigenvalue weighted by molar-refractivity contribution is 0.0950. The zero-order valence-corrected chi connectivity index (χ0v) is 12.9. The maximum absolute atomic E-state index is 12.3. The summed E-state index contributed by atoms with van der Waals surface area (Å²) in [7, 11) is 0. The molecule has 1 amide bonds. The molecule has 0 aliphatic carbocycles. The first kappa shape index (κ1) is 15.3. The summed E-state index contributed by atoms with van der Waals surface area (Å²) >= 11 is 1.55. The third-order valence-electron chi connectivity index (χ3n) is 3.10. The highest BCUT2D eigenvalue weighted by Gasteiger charge is 2.11. The second kappa shape index (κ2) is 7.07. The third kappa shape index (κ3) is 3.94. The van der Waals surface area contributed by atoms with Crippen molar-refractivity contribution in [2.24, 2.45) is 0 Å². The molecule has 2 aromatic rings. The number of hydrogen-bond acceptors (Lipinski definition) is 3. The zero-order chi connectivity index (χ0) is 15.2. The summed E-state index contributed by atoms with van der Waals surface area (Å²) in [5.41, 5.74) is 3.57. The Balaban J connectivity index is 2.03. The van der Waals surface area contributed by atoms with Gasteiger partial charge in [-0.3, -0.25) is 4.79 Å². The molecule has 0 unspecified atom stereocenters. The maximum Gasteiger partial charge on any atom is 0.252 e. The molecule has 108 valence electrons. The number of hydrogen-bond donors (Lipinski definition) is 2. The Morgan fingerprint density at radius 2 is 2.05 bits per heavy atom. The normalized spacial score (nSPS) is 9.86. The van der Waals surface area contributed by atoms with Gasteiger partial charge in [0.05, 0.1) is 6.54 Å². The number of aliphatic hydroxyl groups is 1. The van der Waals surface area contributed by atoms with Gasteiger partial charge in [-0.2, -0.15) is 0 Å². The van der Waals surface area contributed by atoms with Crippen LogP contribution in [0.15, 0.2) is 29.6 Å². The molecule has 21 heavy (non-hydrogen) atoms. The fourth-order valence-electron chi connectivity index (χ4n) is 2.11. The molecular weight excluding hydrogens is 282 g/mol. The molecule has 2 N–H and O–H groups in total. The third-order valence-corrected chi connectivity index (χ3v) is 4.03. The van der Waals surface area contributed by atoms with Crippen LogP contribution in [0.3, 0.4) is 0 Å². The Morgan fingerprint density at radius 1 is 1.33 bits per heavy atom. The van der Waals surface area contributed by atoms with Crippen LogP contribution in [-0.2, 0) is 6.54 Å². The SMILES string of the molecule is Cc1cccc(C)c1C(=O)NCc1cc(C#CCO)cs1. The molecule has 4 heteroatoms. The van der Waals surface area contributed by atoms with Gasteiger partial charge in [0, 0.05) is 21.4 Å². The van der Waals surface area contributed by atoms with Crippen molar-refractivity contribution in [2.45, 2.75) is 20.4 Å². The molecule has 1 heterocycles. The average Bonchev–Trinajstić information content (AvgIpc) is 2.90. The van der Waals surface area contributed by atoms with Gasteiger partial charge in [0.2, 0.25) is 0 Å². The van der Waals surface area contributed by atoms with Crippen LogP contribution in [-0.4, -0.2) is 17.6 Å². The lowest BCUT2D eigenvalue weighted by Crippen LogP contribution is -2.24. The van der Waals surface area contributed by atoms with Crippen molar-refractivity contribution in [1.29, 1.82) is 0 Å². The smallest absolute Gasteiger partial charge is 0.252 e. The largest absolute Gasteiger partial charge is 0.384 e. The molecule has 1 aromatic heterocycles. The number of thiophene rings is 1. The molecule has 1 aromatic carbocycles. The Kier molecular flexibility index (Phi) is 5.15. The summed E-state index contributed by atoms with van der Waals surface area (Å²) in [5.74, 6) is 5.40. The number of carbonyl (C=O) groups excluding carboxylic acids is 1. The lowest BCUT2D eigenvalue weighted by atomic mass is 10.0. The first-order chi connectivity index (χ1) is 10.1. The number of rotatable bonds is 3. The Morgan fingerprint density at radius 3 is 2.71 bits per heavy atom. The van der Waals surface area contributed by atoms with Crippen LogP contribution < -0.4 is 5.32 Å². The standard InChI is InChI=1S/C17H17NO2S/c1-12-5-3-6-13(2)16(12)17(20)18-10-15-9-14(11-21-15)7-4-8-19/h3,5-6,9,11,19H,8,10H2,1-2H3,(H,18,20). The van der Waals surface area contributed by atoms with Gasteiger partial charge in [-0.1, -0.05) is 30.0 Å². The molecule has 0 aliphatic heterocycles. The summed E-state index contributed by atoms with van der Waals surface area (Å²) in [6.07, 6.45) is 0. The molecule has 0 saturated heterocycles. The van der Waals surface area contributed by atoms with Crippen molar-refractivity contribution in [1.82, 2.24) is 5.32 Å². The number of nitrogens with one attached hydrogen (secondary N) is 1. The van der Waals surface area contributed by atoms with E-state index in [0.29, 0.717) is 6.54 Å². The number of amides is 1. The van der Waals surface area contributed by atoms with Gasteiger partial charge < -0.3 is 10.4 Å². The highest BCUT2D eigenvalue weighted by atomic mass is 32.1. The van der Waals surface area contributed by atoms with E-state index in [4.69, 9.17) is 5.11 Å². The molecule has 3 nitrogen and oxygen atoms in total. The van der Waals surface area contributed by atoms with Crippen molar-refractivity contribution < 1.29 is 9.90 Å². The van der Waals surface area contributed by atoms with Crippen LogP contribution in [0.1, 0.15) is 31.9 Å². The lowest BCUT2D eigenvalue weighted by Gasteiger charge is -2.09. The Labute approximate surface area is 128 Å². The summed E-state index contributed by atoms with van der Waals surface area (Å²) < 4.78 is 0. The predicted molar refractivity (Wildman–Crippen MR) is 85.4 cm³/mol. The minimum atomic E-state index is -0.144. The fourth-order valence-corrected chi connectivity index (χ4v) is 2.86. The predicted octanol–water partition coefficient (Wildman–Crippen LogP) is 2.64. The van der Waals surface area contributed by atoms with Crippen molar-refractivity contribution in [3.8, 4) is 11.8 Å². The van der Waals surface area contributed by atoms with E-state index >= 15 is 0 Å². The van der Waals surface area contributed by atoms with E-state index in [9.17, 15) is 4.79 Å². The van der Waals surface area contributed by atoms with Gasteiger partial charge in [-0.25, -0.2) is 0 Å². The van der Waals surface area contributed by atoms with Crippen molar-refractivity contribution in [2.75, 3.05) is 6.61 Å². The number of aryl methyl sites for hydroxylation is 2. The topological polar surface area (TPSA) is 49.3 Å². The molecule has 0 saturated carbocycles. The minimum Gasteiger partial charge on any atom is -0.384 e. The molecule has 0 radical (unpaired) electrons. The minimum absolute atomic E-state index is 0.0537. The first-order valence-electron chi connectivity index (χ1n) is 6.63. The van der Waals surface area contributed by atoms with E-state index < -0.39 is 0 Å². The van der Waals surface area contributed by atoms with Gasteiger partial charge in [-0.15, -0.1) is 11.3 Å². The quantitative estimate of drug-likeness (QED) is 0.856. The van der Waals surface area contributed by atoms with E-state index in [-0.39, 0.29) is 12.5 Å². The van der Waals surface area contributed by atoms with Gasteiger partial charge >= 0.3 is 0 Å². The number of aliphatic hydroxyl groups excluding tert-OH is 1. The van der Waals surface area contributed by atoms with Gasteiger partial charge in [0.1, 0.15) is 6.61 Å². The zero-order valence-electron chi connectivity index (χ0n) is 12.1. The summed E-state index contributed by atoms with van der Waals surface area (Å²) in [6, 6.07) is 7.76. The van der Waals surface area contributed by atoms with E-state index in [1.807, 2.05) is 43.5 Å². The van der Waals surface area contributed by atoms with Crippen molar-refractivity contribution >= 4 is 17.2 Å². The van der Waals surface area contributed by atoms with Crippen LogP contribution in [0, 0.1) is 25.7 Å². The molecule has 0 bridgehead atoms.